The lowest BCUT2D eigenvalue weighted by Gasteiger charge is -2.51. The predicted octanol–water partition coefficient (Wildman–Crippen LogP) is 3.45. The normalized spacial score (nSPS) is 19.1. The van der Waals surface area contributed by atoms with Gasteiger partial charge < -0.3 is 19.6 Å². The van der Waals surface area contributed by atoms with Crippen molar-refractivity contribution >= 4 is 11.9 Å². The Kier molecular flexibility index (Phi) is 8.81. The molecule has 1 spiro atoms. The van der Waals surface area contributed by atoms with E-state index in [1.54, 1.807) is 19.2 Å². The number of alkyl halides is 3. The Labute approximate surface area is 178 Å². The molecule has 174 valence electrons. The van der Waals surface area contributed by atoms with Crippen LogP contribution in [-0.2, 0) is 20.9 Å². The van der Waals surface area contributed by atoms with Gasteiger partial charge in [0, 0.05) is 45.2 Å². The number of aliphatic carboxylic acids is 1. The van der Waals surface area contributed by atoms with E-state index in [1.165, 1.54) is 6.07 Å². The van der Waals surface area contributed by atoms with Crippen LogP contribution in [0.3, 0.4) is 0 Å². The van der Waals surface area contributed by atoms with Crippen LogP contribution in [0.25, 0.3) is 0 Å². The first kappa shape index (κ1) is 25.1. The van der Waals surface area contributed by atoms with Crippen LogP contribution in [0, 0.1) is 5.82 Å². The lowest BCUT2D eigenvalue weighted by atomic mass is 9.78. The number of likely N-dealkylation sites (tertiary alicyclic amines) is 2. The van der Waals surface area contributed by atoms with Gasteiger partial charge in [-0.25, -0.2) is 9.18 Å². The molecule has 2 fully saturated rings. The summed E-state index contributed by atoms with van der Waals surface area (Å²) in [5.41, 5.74) is 0.831. The van der Waals surface area contributed by atoms with Gasteiger partial charge in [0.05, 0.1) is 6.61 Å². The summed E-state index contributed by atoms with van der Waals surface area (Å²) in [6.07, 6.45) is -0.442. The molecule has 0 aromatic heterocycles. The Morgan fingerprint density at radius 1 is 1.23 bits per heavy atom. The average molecular weight is 448 g/mol. The molecular formula is C21H28F4N2O4. The number of piperidine rings is 2. The molecule has 31 heavy (non-hydrogen) atoms. The highest BCUT2D eigenvalue weighted by Crippen LogP contribution is 2.38. The highest BCUT2D eigenvalue weighted by molar-refractivity contribution is 5.78. The maximum Gasteiger partial charge on any atom is 0.490 e. The van der Waals surface area contributed by atoms with Gasteiger partial charge >= 0.3 is 12.1 Å². The second kappa shape index (κ2) is 10.9. The molecule has 6 nitrogen and oxygen atoms in total. The van der Waals surface area contributed by atoms with Gasteiger partial charge in [0.1, 0.15) is 5.82 Å². The maximum absolute atomic E-state index is 13.5. The summed E-state index contributed by atoms with van der Waals surface area (Å²) in [5.74, 6) is -2.77. The van der Waals surface area contributed by atoms with E-state index in [1.807, 2.05) is 11.0 Å². The highest BCUT2D eigenvalue weighted by atomic mass is 19.4. The van der Waals surface area contributed by atoms with Crippen LogP contribution in [0.4, 0.5) is 17.6 Å². The molecule has 3 rings (SSSR count). The fourth-order valence-corrected chi connectivity index (χ4v) is 4.11. The van der Waals surface area contributed by atoms with Crippen LogP contribution in [0.15, 0.2) is 24.3 Å². The molecule has 0 saturated carbocycles. The first-order valence-electron chi connectivity index (χ1n) is 10.1. The summed E-state index contributed by atoms with van der Waals surface area (Å²) in [4.78, 5) is 26.0. The topological polar surface area (TPSA) is 70.1 Å². The first-order valence-corrected chi connectivity index (χ1v) is 10.1. The van der Waals surface area contributed by atoms with Gasteiger partial charge in [-0.15, -0.1) is 0 Å². The SMILES string of the molecule is COCCN1CCC2(CCCC(=O)N2Cc2cccc(F)c2)CC1.O=C(O)C(F)(F)F. The zero-order chi connectivity index (χ0) is 23.1. The van der Waals surface area contributed by atoms with Crippen molar-refractivity contribution < 1.29 is 37.0 Å². The Hall–Kier alpha value is -2.20. The van der Waals surface area contributed by atoms with Crippen molar-refractivity contribution in [1.82, 2.24) is 9.80 Å². The quantitative estimate of drug-likeness (QED) is 0.699. The number of benzene rings is 1. The van der Waals surface area contributed by atoms with Gasteiger partial charge in [-0.3, -0.25) is 4.79 Å². The number of carbonyl (C=O) groups excluding carboxylic acids is 1. The van der Waals surface area contributed by atoms with Crippen molar-refractivity contribution in [3.63, 3.8) is 0 Å². The predicted molar refractivity (Wildman–Crippen MR) is 105 cm³/mol. The number of rotatable bonds is 5. The molecule has 2 heterocycles. The molecule has 0 radical (unpaired) electrons. The lowest BCUT2D eigenvalue weighted by molar-refractivity contribution is -0.192. The van der Waals surface area contributed by atoms with Crippen molar-refractivity contribution in [2.45, 2.75) is 50.4 Å². The van der Waals surface area contributed by atoms with Gasteiger partial charge in [-0.2, -0.15) is 13.2 Å². The van der Waals surface area contributed by atoms with E-state index < -0.39 is 12.1 Å². The van der Waals surface area contributed by atoms with Crippen molar-refractivity contribution in [1.29, 1.82) is 0 Å². The van der Waals surface area contributed by atoms with Crippen LogP contribution in [0.1, 0.15) is 37.7 Å². The summed E-state index contributed by atoms with van der Waals surface area (Å²) in [7, 11) is 1.73. The molecule has 1 N–H and O–H groups in total. The fourth-order valence-electron chi connectivity index (χ4n) is 4.11. The van der Waals surface area contributed by atoms with Crippen LogP contribution >= 0.6 is 0 Å². The van der Waals surface area contributed by atoms with Crippen molar-refractivity contribution in [3.8, 4) is 0 Å². The number of carbonyl (C=O) groups is 2. The zero-order valence-electron chi connectivity index (χ0n) is 17.5. The smallest absolute Gasteiger partial charge is 0.475 e. The largest absolute Gasteiger partial charge is 0.490 e. The summed E-state index contributed by atoms with van der Waals surface area (Å²) >= 11 is 0. The van der Waals surface area contributed by atoms with Crippen molar-refractivity contribution in [3.05, 3.63) is 35.6 Å². The molecule has 0 aliphatic carbocycles. The number of methoxy groups -OCH3 is 1. The van der Waals surface area contributed by atoms with Gasteiger partial charge in [0.2, 0.25) is 5.91 Å². The molecule has 1 aromatic rings. The Morgan fingerprint density at radius 2 is 1.87 bits per heavy atom. The minimum atomic E-state index is -5.08. The van der Waals surface area contributed by atoms with Crippen molar-refractivity contribution in [2.24, 2.45) is 0 Å². The summed E-state index contributed by atoms with van der Waals surface area (Å²) in [6, 6.07) is 6.63. The highest BCUT2D eigenvalue weighted by Gasteiger charge is 2.44. The van der Waals surface area contributed by atoms with E-state index in [2.05, 4.69) is 4.90 Å². The van der Waals surface area contributed by atoms with E-state index in [0.717, 1.165) is 57.5 Å². The van der Waals surface area contributed by atoms with Gasteiger partial charge in [0.25, 0.3) is 0 Å². The molecule has 2 saturated heterocycles. The molecule has 10 heteroatoms. The maximum atomic E-state index is 13.5. The molecule has 2 aliphatic heterocycles. The fraction of sp³-hybridized carbons (Fsp3) is 0.619. The third kappa shape index (κ3) is 7.17. The van der Waals surface area contributed by atoms with Gasteiger partial charge in [0.15, 0.2) is 0 Å². The third-order valence-corrected chi connectivity index (χ3v) is 5.78. The lowest BCUT2D eigenvalue weighted by Crippen LogP contribution is -2.59. The number of hydrogen-bond donors (Lipinski definition) is 1. The van der Waals surface area contributed by atoms with E-state index in [-0.39, 0.29) is 17.3 Å². The number of carboxylic acid groups (broad SMARTS) is 1. The average Bonchev–Trinajstić information content (AvgIpc) is 2.70. The number of carboxylic acids is 1. The monoisotopic (exact) mass is 448 g/mol. The first-order chi connectivity index (χ1) is 14.6. The minimum absolute atomic E-state index is 0.0504. The number of amides is 1. The summed E-state index contributed by atoms with van der Waals surface area (Å²) < 4.78 is 50.4. The number of nitrogens with zero attached hydrogens (tertiary/aromatic N) is 2. The third-order valence-electron chi connectivity index (χ3n) is 5.78. The number of ether oxygens (including phenoxy) is 1. The van der Waals surface area contributed by atoms with Crippen LogP contribution in [0.2, 0.25) is 0 Å². The number of hydrogen-bond acceptors (Lipinski definition) is 4. The molecule has 2 aliphatic rings. The Balaban J connectivity index is 0.000000423. The minimum Gasteiger partial charge on any atom is -0.475 e. The van der Waals surface area contributed by atoms with E-state index in [0.29, 0.717) is 13.0 Å². The molecule has 1 amide bonds. The van der Waals surface area contributed by atoms with Crippen molar-refractivity contribution in [2.75, 3.05) is 33.4 Å². The molecule has 0 bridgehead atoms. The molecule has 0 unspecified atom stereocenters. The molecular weight excluding hydrogens is 420 g/mol. The van der Waals surface area contributed by atoms with Crippen LogP contribution in [0.5, 0.6) is 0 Å². The molecule has 0 atom stereocenters. The van der Waals surface area contributed by atoms with E-state index in [9.17, 15) is 22.4 Å². The second-order valence-electron chi connectivity index (χ2n) is 7.83. The molecule has 1 aromatic carbocycles. The van der Waals surface area contributed by atoms with E-state index >= 15 is 0 Å². The Morgan fingerprint density at radius 3 is 2.42 bits per heavy atom. The van der Waals surface area contributed by atoms with Crippen LogP contribution < -0.4 is 0 Å². The van der Waals surface area contributed by atoms with Gasteiger partial charge in [-0.05, 0) is 43.4 Å². The number of halogens is 4. The standard InChI is InChI=1S/C19H27FN2O2.C2HF3O2/c1-24-13-12-21-10-8-19(9-11-21)7-3-6-18(23)22(19)15-16-4-2-5-17(20)14-16;3-2(4,5)1(6)7/h2,4-5,14H,3,6-13,15H2,1H3;(H,6,7). The van der Waals surface area contributed by atoms with E-state index in [4.69, 9.17) is 14.6 Å². The van der Waals surface area contributed by atoms with Crippen LogP contribution in [-0.4, -0.2) is 71.8 Å². The Bertz CT molecular complexity index is 749. The summed E-state index contributed by atoms with van der Waals surface area (Å²) in [5, 5.41) is 7.12. The zero-order valence-corrected chi connectivity index (χ0v) is 17.5. The van der Waals surface area contributed by atoms with Gasteiger partial charge in [-0.1, -0.05) is 12.1 Å². The second-order valence-corrected chi connectivity index (χ2v) is 7.83. The summed E-state index contributed by atoms with van der Waals surface area (Å²) in [6.45, 7) is 4.21.